The van der Waals surface area contributed by atoms with E-state index in [9.17, 15) is 0 Å². The molecule has 2 nitrogen and oxygen atoms in total. The molecule has 0 radical (unpaired) electrons. The number of hydrogen-bond donors (Lipinski definition) is 1. The monoisotopic (exact) mass is 263 g/mol. The molecule has 0 saturated heterocycles. The highest BCUT2D eigenvalue weighted by atomic mass is 16.5. The van der Waals surface area contributed by atoms with Crippen LogP contribution in [0.1, 0.15) is 63.1 Å². The summed E-state index contributed by atoms with van der Waals surface area (Å²) in [5.74, 6) is 1.02. The van der Waals surface area contributed by atoms with E-state index in [1.165, 1.54) is 43.2 Å². The van der Waals surface area contributed by atoms with Gasteiger partial charge in [-0.3, -0.25) is 0 Å². The zero-order chi connectivity index (χ0) is 14.1. The van der Waals surface area contributed by atoms with Crippen molar-refractivity contribution >= 4 is 0 Å². The number of rotatable bonds is 9. The summed E-state index contributed by atoms with van der Waals surface area (Å²) in [6.45, 7) is 7.63. The zero-order valence-electron chi connectivity index (χ0n) is 13.0. The molecule has 1 unspecified atom stereocenters. The van der Waals surface area contributed by atoms with Crippen molar-refractivity contribution in [3.8, 4) is 5.75 Å². The Balaban J connectivity index is 2.82. The molecule has 0 bridgehead atoms. The van der Waals surface area contributed by atoms with Crippen molar-refractivity contribution in [1.82, 2.24) is 5.32 Å². The lowest BCUT2D eigenvalue weighted by Crippen LogP contribution is -2.22. The van der Waals surface area contributed by atoms with Crippen molar-refractivity contribution in [3.63, 3.8) is 0 Å². The number of ether oxygens (including phenoxy) is 1. The fourth-order valence-corrected chi connectivity index (χ4v) is 2.39. The Kier molecular flexibility index (Phi) is 7.57. The van der Waals surface area contributed by atoms with E-state index in [0.29, 0.717) is 6.04 Å². The summed E-state index contributed by atoms with van der Waals surface area (Å²) in [5, 5.41) is 3.66. The molecule has 0 aromatic heterocycles. The molecular weight excluding hydrogens is 234 g/mol. The minimum Gasteiger partial charge on any atom is -0.496 e. The molecule has 0 heterocycles. The van der Waals surface area contributed by atoms with Crippen LogP contribution in [0.15, 0.2) is 18.2 Å². The molecule has 0 aliphatic rings. The summed E-state index contributed by atoms with van der Waals surface area (Å²) in [4.78, 5) is 0. The fraction of sp³-hybridized carbons (Fsp3) is 0.647. The molecule has 1 rings (SSSR count). The van der Waals surface area contributed by atoms with E-state index < -0.39 is 0 Å². The first-order chi connectivity index (χ1) is 9.22. The maximum atomic E-state index is 5.55. The van der Waals surface area contributed by atoms with E-state index in [2.05, 4.69) is 44.3 Å². The van der Waals surface area contributed by atoms with Crippen molar-refractivity contribution in [1.29, 1.82) is 0 Å². The van der Waals surface area contributed by atoms with Gasteiger partial charge in [0.05, 0.1) is 7.11 Å². The third kappa shape index (κ3) is 5.23. The van der Waals surface area contributed by atoms with E-state index in [0.717, 1.165) is 12.3 Å². The summed E-state index contributed by atoms with van der Waals surface area (Å²) >= 11 is 0. The summed E-state index contributed by atoms with van der Waals surface area (Å²) in [7, 11) is 1.77. The van der Waals surface area contributed by atoms with Gasteiger partial charge < -0.3 is 10.1 Å². The average Bonchev–Trinajstić information content (AvgIpc) is 2.43. The van der Waals surface area contributed by atoms with Crippen LogP contribution in [-0.2, 0) is 0 Å². The first-order valence-corrected chi connectivity index (χ1v) is 7.60. The molecule has 1 aromatic rings. The van der Waals surface area contributed by atoms with E-state index in [1.54, 1.807) is 7.11 Å². The van der Waals surface area contributed by atoms with Crippen molar-refractivity contribution in [2.45, 2.75) is 58.9 Å². The van der Waals surface area contributed by atoms with Crippen molar-refractivity contribution in [2.24, 2.45) is 0 Å². The van der Waals surface area contributed by atoms with E-state index >= 15 is 0 Å². The number of hydrogen-bond acceptors (Lipinski definition) is 2. The third-order valence-electron chi connectivity index (χ3n) is 3.50. The Hall–Kier alpha value is -1.02. The lowest BCUT2D eigenvalue weighted by molar-refractivity contribution is 0.391. The van der Waals surface area contributed by atoms with Crippen molar-refractivity contribution < 1.29 is 4.74 Å². The largest absolute Gasteiger partial charge is 0.496 e. The molecule has 0 aliphatic heterocycles. The summed E-state index contributed by atoms with van der Waals surface area (Å²) < 4.78 is 5.55. The van der Waals surface area contributed by atoms with Crippen LogP contribution in [0.4, 0.5) is 0 Å². The Labute approximate surface area is 118 Å². The number of nitrogens with one attached hydrogen (secondary N) is 1. The van der Waals surface area contributed by atoms with Gasteiger partial charge in [0.25, 0.3) is 0 Å². The predicted octanol–water partition coefficient (Wildman–Crippen LogP) is 4.62. The standard InChI is InChI=1S/C17H29NO/c1-5-7-8-9-16(18-12-6-2)15-11-10-14(3)13-17(15)19-4/h10-11,13,16,18H,5-9,12H2,1-4H3. The van der Waals surface area contributed by atoms with Crippen molar-refractivity contribution in [2.75, 3.05) is 13.7 Å². The number of aryl methyl sites for hydroxylation is 1. The molecule has 108 valence electrons. The first-order valence-electron chi connectivity index (χ1n) is 7.60. The van der Waals surface area contributed by atoms with Gasteiger partial charge in [-0.15, -0.1) is 0 Å². The van der Waals surface area contributed by atoms with Crippen molar-refractivity contribution in [3.05, 3.63) is 29.3 Å². The molecule has 1 atom stereocenters. The molecule has 19 heavy (non-hydrogen) atoms. The third-order valence-corrected chi connectivity index (χ3v) is 3.50. The summed E-state index contributed by atoms with van der Waals surface area (Å²) in [6.07, 6.45) is 6.20. The van der Waals surface area contributed by atoms with E-state index in [4.69, 9.17) is 4.74 Å². The molecule has 1 N–H and O–H groups in total. The van der Waals surface area contributed by atoms with E-state index in [1.807, 2.05) is 0 Å². The molecule has 0 fully saturated rings. The highest BCUT2D eigenvalue weighted by molar-refractivity contribution is 5.39. The maximum absolute atomic E-state index is 5.55. The summed E-state index contributed by atoms with van der Waals surface area (Å²) in [5.41, 5.74) is 2.56. The smallest absolute Gasteiger partial charge is 0.123 e. The number of benzene rings is 1. The SMILES string of the molecule is CCCCCC(NCCC)c1ccc(C)cc1OC. The highest BCUT2D eigenvalue weighted by Gasteiger charge is 2.15. The first kappa shape index (κ1) is 16.0. The minimum atomic E-state index is 0.419. The van der Waals surface area contributed by atoms with Gasteiger partial charge in [0.1, 0.15) is 5.75 Å². The molecule has 0 amide bonds. The van der Waals surface area contributed by atoms with Gasteiger partial charge in [-0.1, -0.05) is 45.2 Å². The topological polar surface area (TPSA) is 21.3 Å². The predicted molar refractivity (Wildman–Crippen MR) is 82.9 cm³/mol. The van der Waals surface area contributed by atoms with Gasteiger partial charge in [-0.25, -0.2) is 0 Å². The van der Waals surface area contributed by atoms with Crippen LogP contribution in [0.5, 0.6) is 5.75 Å². The molecule has 0 saturated carbocycles. The number of unbranched alkanes of at least 4 members (excludes halogenated alkanes) is 2. The minimum absolute atomic E-state index is 0.419. The summed E-state index contributed by atoms with van der Waals surface area (Å²) in [6, 6.07) is 6.95. The molecule has 2 heteroatoms. The second-order valence-corrected chi connectivity index (χ2v) is 5.25. The lowest BCUT2D eigenvalue weighted by atomic mass is 9.98. The Morgan fingerprint density at radius 3 is 2.58 bits per heavy atom. The second-order valence-electron chi connectivity index (χ2n) is 5.25. The van der Waals surface area contributed by atoms with Gasteiger partial charge in [0.2, 0.25) is 0 Å². The van der Waals surface area contributed by atoms with Crippen LogP contribution in [-0.4, -0.2) is 13.7 Å². The highest BCUT2D eigenvalue weighted by Crippen LogP contribution is 2.29. The Morgan fingerprint density at radius 2 is 1.95 bits per heavy atom. The average molecular weight is 263 g/mol. The molecule has 0 aliphatic carbocycles. The zero-order valence-corrected chi connectivity index (χ0v) is 13.0. The van der Waals surface area contributed by atoms with Gasteiger partial charge in [0, 0.05) is 11.6 Å². The van der Waals surface area contributed by atoms with Gasteiger partial charge in [-0.05, 0) is 37.9 Å². The van der Waals surface area contributed by atoms with E-state index in [-0.39, 0.29) is 0 Å². The van der Waals surface area contributed by atoms with Crippen LogP contribution < -0.4 is 10.1 Å². The van der Waals surface area contributed by atoms with Crippen LogP contribution in [0.2, 0.25) is 0 Å². The Bertz CT molecular complexity index is 362. The van der Waals surface area contributed by atoms with Crippen LogP contribution >= 0.6 is 0 Å². The Morgan fingerprint density at radius 1 is 1.16 bits per heavy atom. The molecular formula is C17H29NO. The lowest BCUT2D eigenvalue weighted by Gasteiger charge is -2.21. The van der Waals surface area contributed by atoms with Gasteiger partial charge in [-0.2, -0.15) is 0 Å². The number of methoxy groups -OCH3 is 1. The van der Waals surface area contributed by atoms with Crippen LogP contribution in [0, 0.1) is 6.92 Å². The van der Waals surface area contributed by atoms with Gasteiger partial charge in [0.15, 0.2) is 0 Å². The normalized spacial score (nSPS) is 12.4. The van der Waals surface area contributed by atoms with Crippen LogP contribution in [0.25, 0.3) is 0 Å². The maximum Gasteiger partial charge on any atom is 0.123 e. The molecule has 0 spiro atoms. The van der Waals surface area contributed by atoms with Gasteiger partial charge >= 0.3 is 0 Å². The molecule has 1 aromatic carbocycles. The quantitative estimate of drug-likeness (QED) is 0.656. The second kappa shape index (κ2) is 8.98. The fourth-order valence-electron chi connectivity index (χ4n) is 2.39. The van der Waals surface area contributed by atoms with Crippen LogP contribution in [0.3, 0.4) is 0 Å².